The molecule has 1 heterocycles. The van der Waals surface area contributed by atoms with Crippen molar-refractivity contribution >= 4 is 6.09 Å². The summed E-state index contributed by atoms with van der Waals surface area (Å²) in [4.78, 5) is 12.9. The highest BCUT2D eigenvalue weighted by molar-refractivity contribution is 5.70. The van der Waals surface area contributed by atoms with Gasteiger partial charge in [0, 0.05) is 6.08 Å². The van der Waals surface area contributed by atoms with Crippen molar-refractivity contribution in [3.05, 3.63) is 36.4 Å². The molecule has 0 atom stereocenters. The maximum absolute atomic E-state index is 11.6. The summed E-state index contributed by atoms with van der Waals surface area (Å²) in [6.07, 6.45) is 4.33. The average molecular weight is 225 g/mol. The minimum atomic E-state index is -0.461. The lowest BCUT2D eigenvalue weighted by Crippen LogP contribution is -2.31. The number of allylic oxidation sites excluding steroid dienone is 1. The van der Waals surface area contributed by atoms with E-state index in [0.717, 1.165) is 0 Å². The Morgan fingerprint density at radius 1 is 1.56 bits per heavy atom. The Kier molecular flexibility index (Phi) is 4.44. The van der Waals surface area contributed by atoms with Crippen molar-refractivity contribution in [2.75, 3.05) is 27.4 Å². The SMILES string of the molecule is C=CCOC(=O)N1C=C(OC)C=C(OC)C1. The molecule has 0 fully saturated rings. The first-order chi connectivity index (χ1) is 7.71. The highest BCUT2D eigenvalue weighted by atomic mass is 16.6. The lowest BCUT2D eigenvalue weighted by atomic mass is 10.3. The van der Waals surface area contributed by atoms with Gasteiger partial charge in [-0.1, -0.05) is 12.7 Å². The van der Waals surface area contributed by atoms with Crippen LogP contribution in [0.2, 0.25) is 0 Å². The molecule has 5 heteroatoms. The smallest absolute Gasteiger partial charge is 0.414 e. The van der Waals surface area contributed by atoms with Gasteiger partial charge in [-0.05, 0) is 0 Å². The van der Waals surface area contributed by atoms with Crippen molar-refractivity contribution in [1.29, 1.82) is 0 Å². The predicted octanol–water partition coefficient (Wildman–Crippen LogP) is 1.64. The number of carbonyl (C=O) groups is 1. The van der Waals surface area contributed by atoms with E-state index in [1.54, 1.807) is 12.3 Å². The Labute approximate surface area is 94.6 Å². The van der Waals surface area contributed by atoms with Crippen LogP contribution >= 0.6 is 0 Å². The molecular formula is C11H15NO4. The molecule has 0 aromatic carbocycles. The molecule has 5 nitrogen and oxygen atoms in total. The van der Waals surface area contributed by atoms with Crippen LogP contribution < -0.4 is 0 Å². The van der Waals surface area contributed by atoms with Crippen LogP contribution in [0.15, 0.2) is 36.4 Å². The number of rotatable bonds is 4. The van der Waals surface area contributed by atoms with E-state index in [0.29, 0.717) is 18.1 Å². The van der Waals surface area contributed by atoms with Gasteiger partial charge >= 0.3 is 6.09 Å². The predicted molar refractivity (Wildman–Crippen MR) is 58.4 cm³/mol. The minimum absolute atomic E-state index is 0.178. The number of hydrogen-bond acceptors (Lipinski definition) is 4. The van der Waals surface area contributed by atoms with Crippen LogP contribution in [0.3, 0.4) is 0 Å². The van der Waals surface area contributed by atoms with Gasteiger partial charge in [-0.3, -0.25) is 4.90 Å². The first-order valence-corrected chi connectivity index (χ1v) is 4.76. The molecule has 0 saturated heterocycles. The van der Waals surface area contributed by atoms with Crippen LogP contribution in [0.1, 0.15) is 0 Å². The van der Waals surface area contributed by atoms with E-state index >= 15 is 0 Å². The fraction of sp³-hybridized carbons (Fsp3) is 0.364. The van der Waals surface area contributed by atoms with Gasteiger partial charge in [-0.25, -0.2) is 4.79 Å². The Bertz CT molecular complexity index is 333. The van der Waals surface area contributed by atoms with E-state index in [4.69, 9.17) is 14.2 Å². The average Bonchev–Trinajstić information content (AvgIpc) is 2.35. The second-order valence-electron chi connectivity index (χ2n) is 3.04. The van der Waals surface area contributed by atoms with Crippen LogP contribution in [0.5, 0.6) is 0 Å². The molecule has 1 aliphatic rings. The van der Waals surface area contributed by atoms with E-state index in [1.165, 1.54) is 25.2 Å². The number of methoxy groups -OCH3 is 2. The molecule has 0 aromatic rings. The van der Waals surface area contributed by atoms with Gasteiger partial charge in [0.25, 0.3) is 0 Å². The van der Waals surface area contributed by atoms with Crippen LogP contribution in [0.25, 0.3) is 0 Å². The molecule has 1 amide bonds. The fourth-order valence-corrected chi connectivity index (χ4v) is 1.17. The molecule has 1 rings (SSSR count). The van der Waals surface area contributed by atoms with Crippen molar-refractivity contribution in [3.63, 3.8) is 0 Å². The standard InChI is InChI=1S/C11H15NO4/c1-4-5-16-11(13)12-7-9(14-2)6-10(8-12)15-3/h4,6-7H,1,5,8H2,2-3H3. The number of ether oxygens (including phenoxy) is 3. The van der Waals surface area contributed by atoms with Gasteiger partial charge in [0.15, 0.2) is 0 Å². The summed E-state index contributed by atoms with van der Waals surface area (Å²) in [5, 5.41) is 0. The van der Waals surface area contributed by atoms with Crippen molar-refractivity contribution in [2.45, 2.75) is 0 Å². The number of nitrogens with zero attached hydrogens (tertiary/aromatic N) is 1. The van der Waals surface area contributed by atoms with Crippen LogP contribution in [0.4, 0.5) is 4.79 Å². The Hall–Kier alpha value is -1.91. The number of carbonyl (C=O) groups excluding carboxylic acids is 1. The lowest BCUT2D eigenvalue weighted by Gasteiger charge is -2.23. The molecule has 16 heavy (non-hydrogen) atoms. The van der Waals surface area contributed by atoms with E-state index < -0.39 is 6.09 Å². The monoisotopic (exact) mass is 225 g/mol. The largest absolute Gasteiger partial charge is 0.499 e. The molecule has 0 radical (unpaired) electrons. The van der Waals surface area contributed by atoms with E-state index in [-0.39, 0.29) is 6.61 Å². The maximum atomic E-state index is 11.6. The number of amides is 1. The van der Waals surface area contributed by atoms with Crippen molar-refractivity contribution < 1.29 is 19.0 Å². The van der Waals surface area contributed by atoms with Gasteiger partial charge in [0.1, 0.15) is 18.1 Å². The third-order valence-electron chi connectivity index (χ3n) is 1.97. The molecule has 0 unspecified atom stereocenters. The summed E-state index contributed by atoms with van der Waals surface area (Å²) >= 11 is 0. The van der Waals surface area contributed by atoms with Gasteiger partial charge in [0.05, 0.1) is 27.0 Å². The maximum Gasteiger partial charge on any atom is 0.414 e. The van der Waals surface area contributed by atoms with Crippen molar-refractivity contribution in [3.8, 4) is 0 Å². The molecule has 0 spiro atoms. The molecule has 0 aromatic heterocycles. The van der Waals surface area contributed by atoms with Crippen LogP contribution in [0, 0.1) is 0 Å². The van der Waals surface area contributed by atoms with E-state index in [9.17, 15) is 4.79 Å². The first-order valence-electron chi connectivity index (χ1n) is 4.76. The van der Waals surface area contributed by atoms with E-state index in [1.807, 2.05) is 0 Å². The highest BCUT2D eigenvalue weighted by Crippen LogP contribution is 2.15. The molecule has 0 bridgehead atoms. The summed E-state index contributed by atoms with van der Waals surface area (Å²) in [6.45, 7) is 3.98. The minimum Gasteiger partial charge on any atom is -0.499 e. The Morgan fingerprint density at radius 3 is 2.88 bits per heavy atom. The van der Waals surface area contributed by atoms with Crippen molar-refractivity contribution in [1.82, 2.24) is 4.90 Å². The van der Waals surface area contributed by atoms with Crippen LogP contribution in [-0.2, 0) is 14.2 Å². The summed E-state index contributed by atoms with van der Waals surface area (Å²) < 4.78 is 15.0. The van der Waals surface area contributed by atoms with Gasteiger partial charge in [-0.2, -0.15) is 0 Å². The zero-order valence-electron chi connectivity index (χ0n) is 9.43. The molecule has 0 N–H and O–H groups in total. The highest BCUT2D eigenvalue weighted by Gasteiger charge is 2.19. The lowest BCUT2D eigenvalue weighted by molar-refractivity contribution is 0.120. The molecule has 88 valence electrons. The topological polar surface area (TPSA) is 48.0 Å². The fourth-order valence-electron chi connectivity index (χ4n) is 1.17. The molecule has 0 aliphatic carbocycles. The Morgan fingerprint density at radius 2 is 2.31 bits per heavy atom. The van der Waals surface area contributed by atoms with Gasteiger partial charge in [0.2, 0.25) is 0 Å². The van der Waals surface area contributed by atoms with E-state index in [2.05, 4.69) is 6.58 Å². The first kappa shape index (κ1) is 12.2. The normalized spacial score (nSPS) is 14.8. The van der Waals surface area contributed by atoms with Gasteiger partial charge < -0.3 is 14.2 Å². The summed E-state index contributed by atoms with van der Waals surface area (Å²) in [6, 6.07) is 0. The van der Waals surface area contributed by atoms with Crippen molar-refractivity contribution in [2.24, 2.45) is 0 Å². The third-order valence-corrected chi connectivity index (χ3v) is 1.97. The number of hydrogen-bond donors (Lipinski definition) is 0. The third kappa shape index (κ3) is 3.05. The summed E-state index contributed by atoms with van der Waals surface area (Å²) in [5.41, 5.74) is 0. The molecule has 0 saturated carbocycles. The zero-order valence-corrected chi connectivity index (χ0v) is 9.43. The summed E-state index contributed by atoms with van der Waals surface area (Å²) in [7, 11) is 3.06. The zero-order chi connectivity index (χ0) is 12.0. The molecular weight excluding hydrogens is 210 g/mol. The summed E-state index contributed by atoms with van der Waals surface area (Å²) in [5.74, 6) is 1.17. The van der Waals surface area contributed by atoms with Crippen LogP contribution in [-0.4, -0.2) is 38.4 Å². The Balaban J connectivity index is 2.69. The second-order valence-corrected chi connectivity index (χ2v) is 3.04. The second kappa shape index (κ2) is 5.85. The quantitative estimate of drug-likeness (QED) is 0.682. The van der Waals surface area contributed by atoms with Gasteiger partial charge in [-0.15, -0.1) is 0 Å². The molecule has 1 aliphatic heterocycles.